The number of hydrogen-bond donors (Lipinski definition) is 2. The van der Waals surface area contributed by atoms with E-state index < -0.39 is 0 Å². The normalized spacial score (nSPS) is 14.3. The molecule has 0 radical (unpaired) electrons. The minimum absolute atomic E-state index is 0.138. The van der Waals surface area contributed by atoms with Crippen LogP contribution < -0.4 is 10.6 Å². The zero-order valence-corrected chi connectivity index (χ0v) is 16.8. The van der Waals surface area contributed by atoms with Gasteiger partial charge in [0.25, 0.3) is 0 Å². The van der Waals surface area contributed by atoms with Gasteiger partial charge in [0.15, 0.2) is 0 Å². The number of nitrogens with one attached hydrogen (secondary N) is 2. The van der Waals surface area contributed by atoms with Crippen molar-refractivity contribution < 1.29 is 9.59 Å². The number of hydrogen-bond acceptors (Lipinski definition) is 3. The molecule has 2 rings (SSSR count). The highest BCUT2D eigenvalue weighted by Gasteiger charge is 2.16. The van der Waals surface area contributed by atoms with E-state index in [1.165, 1.54) is 12.0 Å². The SMILES string of the molecule is CCN(CC)Cc1ccc(CNC(=O)NCCC(=O)N2CCCCC2)cc1. The molecule has 0 saturated carbocycles. The zero-order chi connectivity index (χ0) is 19.5. The Bertz CT molecular complexity index is 578. The summed E-state index contributed by atoms with van der Waals surface area (Å²) < 4.78 is 0. The summed E-state index contributed by atoms with van der Waals surface area (Å²) in [5.41, 5.74) is 2.35. The van der Waals surface area contributed by atoms with Gasteiger partial charge < -0.3 is 15.5 Å². The fourth-order valence-electron chi connectivity index (χ4n) is 3.30. The minimum atomic E-state index is -0.228. The number of nitrogens with zero attached hydrogens (tertiary/aromatic N) is 2. The molecule has 0 bridgehead atoms. The molecule has 1 aliphatic rings. The molecule has 0 aromatic heterocycles. The third kappa shape index (κ3) is 7.59. The number of piperidine rings is 1. The second-order valence-corrected chi connectivity index (χ2v) is 7.08. The van der Waals surface area contributed by atoms with Crippen LogP contribution in [0.15, 0.2) is 24.3 Å². The summed E-state index contributed by atoms with van der Waals surface area (Å²) in [6, 6.07) is 8.11. The van der Waals surface area contributed by atoms with E-state index in [-0.39, 0.29) is 11.9 Å². The molecule has 0 spiro atoms. The second-order valence-electron chi connectivity index (χ2n) is 7.08. The van der Waals surface area contributed by atoms with Crippen molar-refractivity contribution in [3.8, 4) is 0 Å². The van der Waals surface area contributed by atoms with Crippen LogP contribution in [-0.4, -0.2) is 54.5 Å². The highest BCUT2D eigenvalue weighted by molar-refractivity contribution is 5.78. The van der Waals surface area contributed by atoms with Crippen LogP contribution in [-0.2, 0) is 17.9 Å². The zero-order valence-electron chi connectivity index (χ0n) is 16.8. The first kappa shape index (κ1) is 21.2. The Labute approximate surface area is 163 Å². The highest BCUT2D eigenvalue weighted by Crippen LogP contribution is 2.10. The number of likely N-dealkylation sites (tertiary alicyclic amines) is 1. The molecule has 1 aliphatic heterocycles. The lowest BCUT2D eigenvalue weighted by Crippen LogP contribution is -2.40. The van der Waals surface area contributed by atoms with Gasteiger partial charge in [-0.1, -0.05) is 38.1 Å². The third-order valence-corrected chi connectivity index (χ3v) is 5.11. The summed E-state index contributed by atoms with van der Waals surface area (Å²) in [4.78, 5) is 28.2. The van der Waals surface area contributed by atoms with Crippen molar-refractivity contribution in [3.05, 3.63) is 35.4 Å². The Balaban J connectivity index is 1.64. The van der Waals surface area contributed by atoms with E-state index in [2.05, 4.69) is 53.6 Å². The number of carbonyl (C=O) groups excluding carboxylic acids is 2. The number of benzene rings is 1. The molecule has 0 atom stereocenters. The second kappa shape index (κ2) is 11.6. The highest BCUT2D eigenvalue weighted by atomic mass is 16.2. The average Bonchev–Trinajstić information content (AvgIpc) is 2.72. The Hall–Kier alpha value is -2.08. The smallest absolute Gasteiger partial charge is 0.315 e. The molecule has 6 nitrogen and oxygen atoms in total. The molecule has 3 amide bonds. The van der Waals surface area contributed by atoms with Gasteiger partial charge in [0.05, 0.1) is 0 Å². The molecule has 1 fully saturated rings. The van der Waals surface area contributed by atoms with Gasteiger partial charge in [0, 0.05) is 39.1 Å². The maximum atomic E-state index is 12.1. The average molecular weight is 375 g/mol. The molecule has 1 saturated heterocycles. The number of urea groups is 1. The number of rotatable bonds is 9. The fourth-order valence-corrected chi connectivity index (χ4v) is 3.30. The van der Waals surface area contributed by atoms with E-state index in [9.17, 15) is 9.59 Å². The summed E-state index contributed by atoms with van der Waals surface area (Å²) in [6.45, 7) is 9.94. The predicted molar refractivity (Wildman–Crippen MR) is 108 cm³/mol. The van der Waals surface area contributed by atoms with Crippen LogP contribution in [0.2, 0.25) is 0 Å². The third-order valence-electron chi connectivity index (χ3n) is 5.11. The van der Waals surface area contributed by atoms with Crippen molar-refractivity contribution in [3.63, 3.8) is 0 Å². The van der Waals surface area contributed by atoms with Crippen molar-refractivity contribution in [1.82, 2.24) is 20.4 Å². The molecule has 0 aliphatic carbocycles. The van der Waals surface area contributed by atoms with Crippen LogP contribution in [0.25, 0.3) is 0 Å². The molecular weight excluding hydrogens is 340 g/mol. The van der Waals surface area contributed by atoms with Gasteiger partial charge in [-0.05, 0) is 43.5 Å². The first-order chi connectivity index (χ1) is 13.1. The molecule has 2 N–H and O–H groups in total. The van der Waals surface area contributed by atoms with E-state index in [1.54, 1.807) is 0 Å². The van der Waals surface area contributed by atoms with Crippen LogP contribution in [0.3, 0.4) is 0 Å². The molecule has 150 valence electrons. The topological polar surface area (TPSA) is 64.7 Å². The van der Waals surface area contributed by atoms with Crippen molar-refractivity contribution in [2.24, 2.45) is 0 Å². The van der Waals surface area contributed by atoms with Gasteiger partial charge in [0.1, 0.15) is 0 Å². The molecule has 1 aromatic rings. The van der Waals surface area contributed by atoms with E-state index in [4.69, 9.17) is 0 Å². The van der Waals surface area contributed by atoms with E-state index in [1.807, 2.05) is 4.90 Å². The lowest BCUT2D eigenvalue weighted by atomic mass is 10.1. The largest absolute Gasteiger partial charge is 0.343 e. The van der Waals surface area contributed by atoms with Crippen molar-refractivity contribution in [2.75, 3.05) is 32.7 Å². The maximum Gasteiger partial charge on any atom is 0.315 e. The Morgan fingerprint density at radius 1 is 0.963 bits per heavy atom. The molecule has 1 aromatic carbocycles. The monoisotopic (exact) mass is 374 g/mol. The van der Waals surface area contributed by atoms with Crippen LogP contribution in [0, 0.1) is 0 Å². The summed E-state index contributed by atoms with van der Waals surface area (Å²) in [7, 11) is 0. The van der Waals surface area contributed by atoms with Gasteiger partial charge in [-0.25, -0.2) is 4.79 Å². The van der Waals surface area contributed by atoms with Gasteiger partial charge in [-0.3, -0.25) is 9.69 Å². The molecule has 0 unspecified atom stereocenters. The standard InChI is InChI=1S/C21H34N4O2/c1-3-24(4-2)17-19-10-8-18(9-11-19)16-23-21(27)22-13-12-20(26)25-14-6-5-7-15-25/h8-11H,3-7,12-17H2,1-2H3,(H2,22,23,27). The van der Waals surface area contributed by atoms with Crippen molar-refractivity contribution in [2.45, 2.75) is 52.6 Å². The van der Waals surface area contributed by atoms with Gasteiger partial charge >= 0.3 is 6.03 Å². The summed E-state index contributed by atoms with van der Waals surface area (Å²) in [6.07, 6.45) is 3.76. The van der Waals surface area contributed by atoms with E-state index >= 15 is 0 Å². The fraction of sp³-hybridized carbons (Fsp3) is 0.619. The lowest BCUT2D eigenvalue weighted by Gasteiger charge is -2.26. The first-order valence-corrected chi connectivity index (χ1v) is 10.2. The number of carbonyl (C=O) groups is 2. The molecule has 6 heteroatoms. The Morgan fingerprint density at radius 3 is 2.22 bits per heavy atom. The van der Waals surface area contributed by atoms with Crippen LogP contribution in [0.1, 0.15) is 50.7 Å². The molecular formula is C21H34N4O2. The van der Waals surface area contributed by atoms with E-state index in [0.717, 1.165) is 51.1 Å². The lowest BCUT2D eigenvalue weighted by molar-refractivity contribution is -0.131. The molecule has 1 heterocycles. The molecule has 27 heavy (non-hydrogen) atoms. The Morgan fingerprint density at radius 2 is 1.59 bits per heavy atom. The van der Waals surface area contributed by atoms with Crippen LogP contribution >= 0.6 is 0 Å². The van der Waals surface area contributed by atoms with Crippen molar-refractivity contribution >= 4 is 11.9 Å². The van der Waals surface area contributed by atoms with Crippen LogP contribution in [0.4, 0.5) is 4.79 Å². The van der Waals surface area contributed by atoms with Gasteiger partial charge in [0.2, 0.25) is 5.91 Å². The number of amides is 3. The summed E-state index contributed by atoms with van der Waals surface area (Å²) >= 11 is 0. The minimum Gasteiger partial charge on any atom is -0.343 e. The first-order valence-electron chi connectivity index (χ1n) is 10.2. The van der Waals surface area contributed by atoms with Crippen molar-refractivity contribution in [1.29, 1.82) is 0 Å². The van der Waals surface area contributed by atoms with Crippen LogP contribution in [0.5, 0.6) is 0 Å². The van der Waals surface area contributed by atoms with E-state index in [0.29, 0.717) is 19.5 Å². The quantitative estimate of drug-likeness (QED) is 0.698. The summed E-state index contributed by atoms with van der Waals surface area (Å²) in [5.74, 6) is 0.138. The Kier molecular flexibility index (Phi) is 9.11. The summed E-state index contributed by atoms with van der Waals surface area (Å²) in [5, 5.41) is 5.62. The maximum absolute atomic E-state index is 12.1. The van der Waals surface area contributed by atoms with Gasteiger partial charge in [-0.2, -0.15) is 0 Å². The van der Waals surface area contributed by atoms with Gasteiger partial charge in [-0.15, -0.1) is 0 Å². The predicted octanol–water partition coefficient (Wildman–Crippen LogP) is 2.73.